The van der Waals surface area contributed by atoms with Crippen molar-refractivity contribution < 1.29 is 9.53 Å². The maximum Gasteiger partial charge on any atom is 0.271 e. The smallest absolute Gasteiger partial charge is 0.271 e. The van der Waals surface area contributed by atoms with Crippen molar-refractivity contribution in [2.75, 3.05) is 6.61 Å². The number of hydrogen-bond acceptors (Lipinski definition) is 3. The molecule has 3 aromatic rings. The van der Waals surface area contributed by atoms with Crippen molar-refractivity contribution in [2.24, 2.45) is 5.10 Å². The van der Waals surface area contributed by atoms with E-state index in [0.29, 0.717) is 22.2 Å². The summed E-state index contributed by atoms with van der Waals surface area (Å²) in [6.07, 6.45) is 3.63. The molecular weight excluding hydrogens is 395 g/mol. The number of ether oxygens (including phenoxy) is 1. The highest BCUT2D eigenvalue weighted by Gasteiger charge is 2.09. The molecule has 0 atom stereocenters. The molecule has 0 heterocycles. The number of benzene rings is 3. The van der Waals surface area contributed by atoms with Crippen molar-refractivity contribution in [3.8, 4) is 5.75 Å². The second kappa shape index (κ2) is 9.58. The quantitative estimate of drug-likeness (QED) is 0.288. The predicted octanol–water partition coefficient (Wildman–Crippen LogP) is 6.09. The van der Waals surface area contributed by atoms with Gasteiger partial charge in [-0.15, -0.1) is 0 Å². The predicted molar refractivity (Wildman–Crippen MR) is 116 cm³/mol. The number of halogens is 2. The van der Waals surface area contributed by atoms with Crippen LogP contribution in [0.4, 0.5) is 0 Å². The molecule has 6 heteroatoms. The summed E-state index contributed by atoms with van der Waals surface area (Å²) in [6.45, 7) is 2.75. The molecule has 0 aliphatic heterocycles. The van der Waals surface area contributed by atoms with Crippen molar-refractivity contribution in [3.05, 3.63) is 75.8 Å². The van der Waals surface area contributed by atoms with Crippen molar-refractivity contribution in [1.82, 2.24) is 5.43 Å². The lowest BCUT2D eigenvalue weighted by Gasteiger charge is -2.11. The number of carbonyl (C=O) groups is 1. The van der Waals surface area contributed by atoms with Crippen LogP contribution in [0.25, 0.3) is 10.8 Å². The van der Waals surface area contributed by atoms with E-state index in [4.69, 9.17) is 27.9 Å². The largest absolute Gasteiger partial charge is 0.493 e. The average Bonchev–Trinajstić information content (AvgIpc) is 2.71. The van der Waals surface area contributed by atoms with E-state index in [2.05, 4.69) is 17.5 Å². The lowest BCUT2D eigenvalue weighted by atomic mass is 10.0. The highest BCUT2D eigenvalue weighted by Crippen LogP contribution is 2.27. The molecule has 0 unspecified atom stereocenters. The van der Waals surface area contributed by atoms with Crippen LogP contribution in [-0.4, -0.2) is 18.7 Å². The lowest BCUT2D eigenvalue weighted by molar-refractivity contribution is 0.0955. The van der Waals surface area contributed by atoms with E-state index in [9.17, 15) is 4.79 Å². The van der Waals surface area contributed by atoms with Gasteiger partial charge in [0, 0.05) is 11.1 Å². The Balaban J connectivity index is 1.83. The maximum absolute atomic E-state index is 12.3. The van der Waals surface area contributed by atoms with Gasteiger partial charge in [0.15, 0.2) is 0 Å². The van der Waals surface area contributed by atoms with E-state index in [-0.39, 0.29) is 5.91 Å². The molecule has 144 valence electrons. The topological polar surface area (TPSA) is 50.7 Å². The molecule has 0 aromatic heterocycles. The number of rotatable bonds is 7. The Kier molecular flexibility index (Phi) is 6.90. The van der Waals surface area contributed by atoms with E-state index in [1.165, 1.54) is 6.07 Å². The van der Waals surface area contributed by atoms with Crippen LogP contribution < -0.4 is 10.2 Å². The van der Waals surface area contributed by atoms with E-state index in [1.807, 2.05) is 36.4 Å². The summed E-state index contributed by atoms with van der Waals surface area (Å²) in [7, 11) is 0. The molecular formula is C22H20Cl2N2O2. The van der Waals surface area contributed by atoms with Gasteiger partial charge in [0.25, 0.3) is 5.91 Å². The summed E-state index contributed by atoms with van der Waals surface area (Å²) in [5.74, 6) is 0.364. The minimum absolute atomic E-state index is 0.318. The molecule has 4 nitrogen and oxygen atoms in total. The van der Waals surface area contributed by atoms with Crippen molar-refractivity contribution in [3.63, 3.8) is 0 Å². The second-order valence-corrected chi connectivity index (χ2v) is 7.04. The first-order chi connectivity index (χ1) is 13.6. The van der Waals surface area contributed by atoms with Gasteiger partial charge < -0.3 is 4.74 Å². The first kappa shape index (κ1) is 20.2. The second-order valence-electron chi connectivity index (χ2n) is 6.23. The number of nitrogens with zero attached hydrogens (tertiary/aromatic N) is 1. The lowest BCUT2D eigenvalue weighted by Crippen LogP contribution is -2.17. The van der Waals surface area contributed by atoms with Crippen LogP contribution >= 0.6 is 23.2 Å². The Bertz CT molecular complexity index is 1020. The highest BCUT2D eigenvalue weighted by molar-refractivity contribution is 6.42. The van der Waals surface area contributed by atoms with Crippen molar-refractivity contribution in [1.29, 1.82) is 0 Å². The third-order valence-corrected chi connectivity index (χ3v) is 4.97. The molecule has 0 aliphatic carbocycles. The molecule has 0 saturated carbocycles. The third-order valence-electron chi connectivity index (χ3n) is 4.23. The summed E-state index contributed by atoms with van der Waals surface area (Å²) < 4.78 is 5.92. The van der Waals surface area contributed by atoms with E-state index < -0.39 is 0 Å². The molecule has 0 aliphatic rings. The number of unbranched alkanes of at least 4 members (excludes halogenated alkanes) is 1. The zero-order chi connectivity index (χ0) is 19.9. The third kappa shape index (κ3) is 4.83. The molecule has 0 saturated heterocycles. The van der Waals surface area contributed by atoms with Gasteiger partial charge in [-0.3, -0.25) is 4.79 Å². The van der Waals surface area contributed by atoms with Crippen molar-refractivity contribution in [2.45, 2.75) is 19.8 Å². The van der Waals surface area contributed by atoms with Gasteiger partial charge in [0.1, 0.15) is 5.75 Å². The zero-order valence-corrected chi connectivity index (χ0v) is 16.9. The number of carbonyl (C=O) groups excluding carboxylic acids is 1. The van der Waals surface area contributed by atoms with Gasteiger partial charge in [0.05, 0.1) is 22.9 Å². The van der Waals surface area contributed by atoms with Crippen LogP contribution in [0.3, 0.4) is 0 Å². The van der Waals surface area contributed by atoms with Crippen LogP contribution in [-0.2, 0) is 0 Å². The number of nitrogens with one attached hydrogen (secondary N) is 1. The minimum atomic E-state index is -0.372. The number of hydrazone groups is 1. The summed E-state index contributed by atoms with van der Waals surface area (Å²) in [5, 5.41) is 6.92. The monoisotopic (exact) mass is 414 g/mol. The van der Waals surface area contributed by atoms with Crippen LogP contribution in [0, 0.1) is 0 Å². The maximum atomic E-state index is 12.3. The van der Waals surface area contributed by atoms with Crippen LogP contribution in [0.2, 0.25) is 10.0 Å². The summed E-state index contributed by atoms with van der Waals surface area (Å²) >= 11 is 11.9. The Hall–Kier alpha value is -2.56. The van der Waals surface area contributed by atoms with Crippen LogP contribution in [0.15, 0.2) is 59.7 Å². The molecule has 3 rings (SSSR count). The Labute approximate surface area is 174 Å². The van der Waals surface area contributed by atoms with E-state index >= 15 is 0 Å². The van der Waals surface area contributed by atoms with Gasteiger partial charge in [-0.05, 0) is 41.5 Å². The molecule has 0 bridgehead atoms. The van der Waals surface area contributed by atoms with Gasteiger partial charge in [-0.25, -0.2) is 5.43 Å². The van der Waals surface area contributed by atoms with Crippen LogP contribution in [0.1, 0.15) is 35.7 Å². The molecule has 28 heavy (non-hydrogen) atoms. The van der Waals surface area contributed by atoms with Crippen LogP contribution in [0.5, 0.6) is 5.75 Å². The normalized spacial score (nSPS) is 11.1. The fourth-order valence-corrected chi connectivity index (χ4v) is 3.02. The fraction of sp³-hybridized carbons (Fsp3) is 0.182. The molecule has 0 radical (unpaired) electrons. The molecule has 0 spiro atoms. The van der Waals surface area contributed by atoms with E-state index in [0.717, 1.165) is 34.9 Å². The van der Waals surface area contributed by atoms with Crippen molar-refractivity contribution >= 4 is 46.1 Å². The zero-order valence-electron chi connectivity index (χ0n) is 15.4. The standard InChI is InChI=1S/C22H20Cl2N2O2/c1-2-3-12-28-21-11-9-15-6-4-5-7-17(15)18(21)14-25-26-22(27)16-8-10-19(23)20(24)13-16/h4-11,13-14H,2-3,12H2,1H3,(H,26,27)/b25-14-. The SMILES string of the molecule is CCCCOc1ccc2ccccc2c1/C=N\NC(=O)c1ccc(Cl)c(Cl)c1. The Morgan fingerprint density at radius 3 is 2.71 bits per heavy atom. The molecule has 0 fully saturated rings. The molecule has 1 N–H and O–H groups in total. The highest BCUT2D eigenvalue weighted by atomic mass is 35.5. The minimum Gasteiger partial charge on any atom is -0.493 e. The Morgan fingerprint density at radius 1 is 1.11 bits per heavy atom. The summed E-state index contributed by atoms with van der Waals surface area (Å²) in [4.78, 5) is 12.3. The summed E-state index contributed by atoms with van der Waals surface area (Å²) in [5.41, 5.74) is 3.73. The number of amides is 1. The molecule has 1 amide bonds. The number of fused-ring (bicyclic) bond motifs is 1. The van der Waals surface area contributed by atoms with Gasteiger partial charge in [-0.2, -0.15) is 5.10 Å². The Morgan fingerprint density at radius 2 is 1.93 bits per heavy atom. The van der Waals surface area contributed by atoms with Gasteiger partial charge >= 0.3 is 0 Å². The fourth-order valence-electron chi connectivity index (χ4n) is 2.72. The average molecular weight is 415 g/mol. The number of hydrogen-bond donors (Lipinski definition) is 1. The van der Waals surface area contributed by atoms with E-state index in [1.54, 1.807) is 18.3 Å². The van der Waals surface area contributed by atoms with Gasteiger partial charge in [-0.1, -0.05) is 66.9 Å². The first-order valence-electron chi connectivity index (χ1n) is 9.03. The van der Waals surface area contributed by atoms with Gasteiger partial charge in [0.2, 0.25) is 0 Å². The summed E-state index contributed by atoms with van der Waals surface area (Å²) in [6, 6.07) is 16.6. The molecule has 3 aromatic carbocycles. The first-order valence-corrected chi connectivity index (χ1v) is 9.78.